The number of piperidine rings is 1. The van der Waals surface area contributed by atoms with Crippen LogP contribution >= 0.6 is 11.3 Å². The molecule has 3 aromatic rings. The van der Waals surface area contributed by atoms with Crippen LogP contribution in [-0.2, 0) is 6.42 Å². The van der Waals surface area contributed by atoms with Crippen LogP contribution in [0.25, 0.3) is 4.96 Å². The van der Waals surface area contributed by atoms with Crippen LogP contribution in [0, 0.1) is 25.6 Å². The van der Waals surface area contributed by atoms with Gasteiger partial charge in [-0.15, -0.1) is 0 Å². The first-order valence-electron chi connectivity index (χ1n) is 9.80. The second-order valence-corrected chi connectivity index (χ2v) is 8.69. The van der Waals surface area contributed by atoms with Gasteiger partial charge < -0.3 is 4.90 Å². The molecular formula is C21H23FN4O2S. The zero-order chi connectivity index (χ0) is 20.5. The average Bonchev–Trinajstić information content (AvgIpc) is 3.08. The van der Waals surface area contributed by atoms with Crippen LogP contribution in [0.3, 0.4) is 0 Å². The third-order valence-corrected chi connectivity index (χ3v) is 6.40. The molecule has 29 heavy (non-hydrogen) atoms. The number of ketones is 1. The van der Waals surface area contributed by atoms with Crippen molar-refractivity contribution in [3.63, 3.8) is 0 Å². The summed E-state index contributed by atoms with van der Waals surface area (Å²) in [6.07, 6.45) is 2.17. The van der Waals surface area contributed by atoms with Crippen LogP contribution in [0.4, 0.5) is 4.39 Å². The Balaban J connectivity index is 1.37. The molecule has 1 fully saturated rings. The molecule has 0 radical (unpaired) electrons. The number of fused-ring (bicyclic) bond motifs is 1. The molecule has 8 heteroatoms. The Kier molecular flexibility index (Phi) is 5.56. The average molecular weight is 415 g/mol. The van der Waals surface area contributed by atoms with Gasteiger partial charge in [-0.3, -0.25) is 9.59 Å². The molecule has 0 unspecified atom stereocenters. The van der Waals surface area contributed by atoms with Crippen LogP contribution in [0.5, 0.6) is 0 Å². The summed E-state index contributed by atoms with van der Waals surface area (Å²) >= 11 is 1.41. The molecule has 4 rings (SSSR count). The van der Waals surface area contributed by atoms with E-state index >= 15 is 0 Å². The van der Waals surface area contributed by atoms with Crippen LogP contribution in [0.2, 0.25) is 0 Å². The molecule has 2 aromatic heterocycles. The van der Waals surface area contributed by atoms with Crippen molar-refractivity contribution in [3.05, 3.63) is 62.3 Å². The highest BCUT2D eigenvalue weighted by atomic mass is 32.1. The molecule has 0 atom stereocenters. The van der Waals surface area contributed by atoms with Gasteiger partial charge in [0.15, 0.2) is 5.78 Å². The van der Waals surface area contributed by atoms with Crippen LogP contribution in [-0.4, -0.2) is 44.9 Å². The Morgan fingerprint density at radius 1 is 1.21 bits per heavy atom. The van der Waals surface area contributed by atoms with Gasteiger partial charge in [0, 0.05) is 29.3 Å². The normalized spacial score (nSPS) is 15.8. The van der Waals surface area contributed by atoms with Crippen molar-refractivity contribution in [2.75, 3.05) is 19.6 Å². The fraction of sp³-hybridized carbons (Fsp3) is 0.429. The predicted molar refractivity (Wildman–Crippen MR) is 110 cm³/mol. The number of likely N-dealkylation sites (tertiary alicyclic amines) is 1. The number of aromatic nitrogens is 3. The molecule has 1 aliphatic heterocycles. The maximum absolute atomic E-state index is 13.1. The third kappa shape index (κ3) is 4.13. The van der Waals surface area contributed by atoms with Gasteiger partial charge in [-0.05, 0) is 70.5 Å². The maximum atomic E-state index is 13.1. The number of Topliss-reactive ketones (excluding diaryl/α,β-unsaturated/α-hetero) is 1. The molecule has 0 amide bonds. The zero-order valence-corrected chi connectivity index (χ0v) is 17.3. The first-order chi connectivity index (χ1) is 13.9. The molecule has 1 aromatic carbocycles. The quantitative estimate of drug-likeness (QED) is 0.601. The highest BCUT2D eigenvalue weighted by molar-refractivity contribution is 7.16. The van der Waals surface area contributed by atoms with Gasteiger partial charge >= 0.3 is 0 Å². The highest BCUT2D eigenvalue weighted by Gasteiger charge is 2.26. The fourth-order valence-corrected chi connectivity index (χ4v) is 4.68. The van der Waals surface area contributed by atoms with Crippen LogP contribution in [0.1, 0.15) is 39.5 Å². The summed E-state index contributed by atoms with van der Waals surface area (Å²) in [5, 5.41) is 5.08. The van der Waals surface area contributed by atoms with E-state index in [0.717, 1.165) is 43.2 Å². The predicted octanol–water partition coefficient (Wildman–Crippen LogP) is 3.04. The fourth-order valence-electron chi connectivity index (χ4n) is 3.90. The molecule has 1 aliphatic rings. The van der Waals surface area contributed by atoms with E-state index in [1.807, 2.05) is 13.8 Å². The number of rotatable bonds is 5. The Morgan fingerprint density at radius 2 is 1.90 bits per heavy atom. The molecule has 1 saturated heterocycles. The molecule has 0 saturated carbocycles. The Hall–Kier alpha value is -2.45. The van der Waals surface area contributed by atoms with Gasteiger partial charge in [-0.1, -0.05) is 11.3 Å². The number of hydrogen-bond acceptors (Lipinski definition) is 6. The molecule has 0 spiro atoms. The topological polar surface area (TPSA) is 67.6 Å². The van der Waals surface area contributed by atoms with E-state index in [1.165, 1.54) is 28.0 Å². The van der Waals surface area contributed by atoms with E-state index in [4.69, 9.17) is 0 Å². The molecule has 152 valence electrons. The van der Waals surface area contributed by atoms with Crippen molar-refractivity contribution in [1.29, 1.82) is 0 Å². The van der Waals surface area contributed by atoms with Gasteiger partial charge in [0.25, 0.3) is 5.56 Å². The van der Waals surface area contributed by atoms with Crippen molar-refractivity contribution < 1.29 is 9.18 Å². The number of carbonyl (C=O) groups excluding carboxylic acids is 1. The van der Waals surface area contributed by atoms with E-state index < -0.39 is 0 Å². The Labute approximate surface area is 172 Å². The third-order valence-electron chi connectivity index (χ3n) is 5.58. The van der Waals surface area contributed by atoms with E-state index in [2.05, 4.69) is 15.0 Å². The summed E-state index contributed by atoms with van der Waals surface area (Å²) in [6, 6.07) is 5.78. The van der Waals surface area contributed by atoms with Crippen molar-refractivity contribution >= 4 is 22.1 Å². The molecule has 0 aliphatic carbocycles. The number of nitrogens with zero attached hydrogens (tertiary/aromatic N) is 4. The summed E-state index contributed by atoms with van der Waals surface area (Å²) < 4.78 is 14.5. The smallest absolute Gasteiger partial charge is 0.278 e. The number of aryl methyl sites for hydroxylation is 2. The van der Waals surface area contributed by atoms with Crippen molar-refractivity contribution in [2.45, 2.75) is 33.1 Å². The van der Waals surface area contributed by atoms with Crippen molar-refractivity contribution in [3.8, 4) is 0 Å². The van der Waals surface area contributed by atoms with Gasteiger partial charge in [0.1, 0.15) is 10.8 Å². The summed E-state index contributed by atoms with van der Waals surface area (Å²) in [5.41, 5.74) is 1.96. The minimum Gasteiger partial charge on any atom is -0.303 e. The first-order valence-corrected chi connectivity index (χ1v) is 10.6. The van der Waals surface area contributed by atoms with E-state index in [9.17, 15) is 14.0 Å². The number of halogens is 1. The lowest BCUT2D eigenvalue weighted by molar-refractivity contribution is 0.0841. The summed E-state index contributed by atoms with van der Waals surface area (Å²) in [6.45, 7) is 6.11. The van der Waals surface area contributed by atoms with Crippen LogP contribution < -0.4 is 5.56 Å². The Morgan fingerprint density at radius 3 is 2.59 bits per heavy atom. The lowest BCUT2D eigenvalue weighted by Crippen LogP contribution is -2.38. The van der Waals surface area contributed by atoms with E-state index in [1.54, 1.807) is 12.1 Å². The maximum Gasteiger partial charge on any atom is 0.278 e. The second-order valence-electron chi connectivity index (χ2n) is 7.53. The number of hydrogen-bond donors (Lipinski definition) is 0. The van der Waals surface area contributed by atoms with E-state index in [0.29, 0.717) is 22.5 Å². The van der Waals surface area contributed by atoms with Crippen LogP contribution in [0.15, 0.2) is 29.1 Å². The van der Waals surface area contributed by atoms with Gasteiger partial charge in [0.2, 0.25) is 4.96 Å². The highest BCUT2D eigenvalue weighted by Crippen LogP contribution is 2.22. The molecular weight excluding hydrogens is 391 g/mol. The van der Waals surface area contributed by atoms with Gasteiger partial charge in [0.05, 0.1) is 0 Å². The summed E-state index contributed by atoms with van der Waals surface area (Å²) in [7, 11) is 0. The standard InChI is InChI=1S/C21H23FN4O2S/c1-13-18(20(28)26-21(23-13)29-14(2)24-26)9-12-25-10-7-16(8-11-25)19(27)15-3-5-17(22)6-4-15/h3-6,16H,7-12H2,1-2H3. The summed E-state index contributed by atoms with van der Waals surface area (Å²) in [5.74, 6) is -0.268. The largest absolute Gasteiger partial charge is 0.303 e. The number of benzene rings is 1. The second kappa shape index (κ2) is 8.12. The Bertz CT molecular complexity index is 1100. The number of carbonyl (C=O) groups is 1. The monoisotopic (exact) mass is 414 g/mol. The van der Waals surface area contributed by atoms with Crippen molar-refractivity contribution in [2.24, 2.45) is 5.92 Å². The van der Waals surface area contributed by atoms with Gasteiger partial charge in [-0.25, -0.2) is 9.37 Å². The molecule has 6 nitrogen and oxygen atoms in total. The molecule has 0 bridgehead atoms. The minimum absolute atomic E-state index is 0.0277. The lowest BCUT2D eigenvalue weighted by atomic mass is 9.89. The molecule has 3 heterocycles. The van der Waals surface area contributed by atoms with Crippen molar-refractivity contribution in [1.82, 2.24) is 19.5 Å². The zero-order valence-electron chi connectivity index (χ0n) is 16.5. The SMILES string of the molecule is Cc1nn2c(=O)c(CCN3CCC(C(=O)c4ccc(F)cc4)CC3)c(C)nc2s1. The molecule has 0 N–H and O–H groups in total. The minimum atomic E-state index is -0.331. The van der Waals surface area contributed by atoms with Gasteiger partial charge in [-0.2, -0.15) is 9.61 Å². The summed E-state index contributed by atoms with van der Waals surface area (Å²) in [4.78, 5) is 32.8. The first kappa shape index (κ1) is 19.8. The van der Waals surface area contributed by atoms with E-state index in [-0.39, 0.29) is 23.1 Å². The lowest BCUT2D eigenvalue weighted by Gasteiger charge is -2.31.